The third-order valence-corrected chi connectivity index (χ3v) is 2.73. The van der Waals surface area contributed by atoms with E-state index in [4.69, 9.17) is 5.73 Å². The number of nitrogen functional groups attached to an aromatic ring is 1. The molecule has 1 aromatic carbocycles. The zero-order valence-electron chi connectivity index (χ0n) is 11.5. The van der Waals surface area contributed by atoms with Gasteiger partial charge in [0.25, 0.3) is 5.91 Å². The Kier molecular flexibility index (Phi) is 5.54. The van der Waals surface area contributed by atoms with Crippen molar-refractivity contribution in [2.75, 3.05) is 17.7 Å². The molecule has 0 fully saturated rings. The summed E-state index contributed by atoms with van der Waals surface area (Å²) in [6.45, 7) is 1.37. The molecule has 1 unspecified atom stereocenters. The Labute approximate surface area is 119 Å². The number of aryl methyl sites for hydroxylation is 1. The minimum Gasteiger partial charge on any atom is -0.399 e. The number of carbonyl (C=O) groups is 1. The lowest BCUT2D eigenvalue weighted by Gasteiger charge is -2.19. The topological polar surface area (TPSA) is 64.3 Å². The van der Waals surface area contributed by atoms with Crippen LogP contribution in [0.25, 0.3) is 0 Å². The Morgan fingerprint density at radius 1 is 1.43 bits per heavy atom. The predicted octanol–water partition coefficient (Wildman–Crippen LogP) is 2.82. The minimum absolute atomic E-state index is 0.399. The fraction of sp³-hybridized carbons (Fsp3) is 0.462. The molecule has 0 radical (unpaired) electrons. The number of carbonyl (C=O) groups excluding carboxylic acids is 1. The summed E-state index contributed by atoms with van der Waals surface area (Å²) in [6.07, 6.45) is -5.15. The molecule has 21 heavy (non-hydrogen) atoms. The van der Waals surface area contributed by atoms with Crippen LogP contribution in [0.3, 0.4) is 0 Å². The molecule has 0 aliphatic rings. The molecule has 1 rings (SSSR count). The summed E-state index contributed by atoms with van der Waals surface area (Å²) < 4.78 is 53.8. The molecule has 8 heteroatoms. The number of benzene rings is 1. The van der Waals surface area contributed by atoms with Crippen molar-refractivity contribution in [2.24, 2.45) is 0 Å². The highest BCUT2D eigenvalue weighted by atomic mass is 19.3. The van der Waals surface area contributed by atoms with Gasteiger partial charge in [0.05, 0.1) is 0 Å². The van der Waals surface area contributed by atoms with Crippen molar-refractivity contribution in [3.05, 3.63) is 23.8 Å². The van der Waals surface area contributed by atoms with Gasteiger partial charge in [-0.2, -0.15) is 8.78 Å². The summed E-state index contributed by atoms with van der Waals surface area (Å²) in [5.41, 5.74) is 7.08. The molecule has 0 spiro atoms. The smallest absolute Gasteiger partial charge is 0.330 e. The molecule has 0 saturated heterocycles. The van der Waals surface area contributed by atoms with Crippen LogP contribution in [0.4, 0.5) is 28.9 Å². The number of hydrogen-bond acceptors (Lipinski definition) is 3. The zero-order chi connectivity index (χ0) is 16.2. The van der Waals surface area contributed by atoms with E-state index in [2.05, 4.69) is 10.1 Å². The van der Waals surface area contributed by atoms with Crippen LogP contribution in [0, 0.1) is 6.92 Å². The molecule has 3 N–H and O–H groups in total. The Morgan fingerprint density at radius 2 is 2.05 bits per heavy atom. The number of hydrogen-bond donors (Lipinski definition) is 2. The van der Waals surface area contributed by atoms with Gasteiger partial charge in [-0.25, -0.2) is 8.78 Å². The third-order valence-electron chi connectivity index (χ3n) is 2.73. The van der Waals surface area contributed by atoms with Crippen LogP contribution in [-0.4, -0.2) is 31.0 Å². The van der Waals surface area contributed by atoms with Crippen molar-refractivity contribution < 1.29 is 27.1 Å². The van der Waals surface area contributed by atoms with Gasteiger partial charge in [-0.05, 0) is 31.5 Å². The Balaban J connectivity index is 2.61. The average Bonchev–Trinajstić information content (AvgIpc) is 2.40. The van der Waals surface area contributed by atoms with Gasteiger partial charge in [0.2, 0.25) is 0 Å². The monoisotopic (exact) mass is 308 g/mol. The van der Waals surface area contributed by atoms with E-state index in [0.29, 0.717) is 16.9 Å². The first kappa shape index (κ1) is 17.2. The number of alkyl halides is 4. The molecule has 0 aliphatic heterocycles. The molecule has 0 heterocycles. The number of ether oxygens (including phenoxy) is 1. The number of rotatable bonds is 6. The van der Waals surface area contributed by atoms with Crippen LogP contribution in [0.1, 0.15) is 12.5 Å². The molecular formula is C13H16F4N2O2. The van der Waals surface area contributed by atoms with E-state index in [-0.39, 0.29) is 0 Å². The fourth-order valence-electron chi connectivity index (χ4n) is 1.38. The minimum atomic E-state index is -4.29. The van der Waals surface area contributed by atoms with Crippen LogP contribution in [0.15, 0.2) is 18.2 Å². The summed E-state index contributed by atoms with van der Waals surface area (Å²) in [4.78, 5) is 11.8. The molecule has 1 amide bonds. The van der Waals surface area contributed by atoms with Crippen molar-refractivity contribution in [1.82, 2.24) is 0 Å². The van der Waals surface area contributed by atoms with E-state index < -0.39 is 31.0 Å². The quantitative estimate of drug-likeness (QED) is 0.627. The second-order valence-electron chi connectivity index (χ2n) is 4.58. The van der Waals surface area contributed by atoms with E-state index >= 15 is 0 Å². The maximum Gasteiger partial charge on any atom is 0.330 e. The standard InChI is InChI=1S/C13H16F4N2O2/c1-7-3-4-9(18)5-10(7)19-11(20)8(2)21-6-13(16,17)12(14)15/h3-5,8,12H,6,18H2,1-2H3,(H,19,20). The second-order valence-corrected chi connectivity index (χ2v) is 4.58. The van der Waals surface area contributed by atoms with Crippen LogP contribution in [-0.2, 0) is 9.53 Å². The van der Waals surface area contributed by atoms with Gasteiger partial charge < -0.3 is 15.8 Å². The number of amides is 1. The number of nitrogens with two attached hydrogens (primary N) is 1. The van der Waals surface area contributed by atoms with Crippen LogP contribution < -0.4 is 11.1 Å². The maximum atomic E-state index is 12.7. The van der Waals surface area contributed by atoms with Gasteiger partial charge in [-0.15, -0.1) is 0 Å². The largest absolute Gasteiger partial charge is 0.399 e. The van der Waals surface area contributed by atoms with Gasteiger partial charge in [0.15, 0.2) is 0 Å². The summed E-state index contributed by atoms with van der Waals surface area (Å²) >= 11 is 0. The van der Waals surface area contributed by atoms with E-state index in [0.717, 1.165) is 0 Å². The summed E-state index contributed by atoms with van der Waals surface area (Å²) in [6, 6.07) is 4.79. The van der Waals surface area contributed by atoms with Gasteiger partial charge >= 0.3 is 12.3 Å². The van der Waals surface area contributed by atoms with Crippen LogP contribution in [0.5, 0.6) is 0 Å². The summed E-state index contributed by atoms with van der Waals surface area (Å²) in [7, 11) is 0. The lowest BCUT2D eigenvalue weighted by Crippen LogP contribution is -2.37. The average molecular weight is 308 g/mol. The second kappa shape index (κ2) is 6.75. The highest BCUT2D eigenvalue weighted by Crippen LogP contribution is 2.24. The van der Waals surface area contributed by atoms with Gasteiger partial charge in [0, 0.05) is 11.4 Å². The lowest BCUT2D eigenvalue weighted by atomic mass is 10.1. The van der Waals surface area contributed by atoms with Crippen LogP contribution >= 0.6 is 0 Å². The van der Waals surface area contributed by atoms with E-state index in [1.165, 1.54) is 13.0 Å². The first-order chi connectivity index (χ1) is 9.63. The van der Waals surface area contributed by atoms with Crippen molar-refractivity contribution in [1.29, 1.82) is 0 Å². The molecule has 1 aromatic rings. The van der Waals surface area contributed by atoms with Crippen molar-refractivity contribution >= 4 is 17.3 Å². The van der Waals surface area contributed by atoms with E-state index in [9.17, 15) is 22.4 Å². The predicted molar refractivity (Wildman–Crippen MR) is 70.6 cm³/mol. The summed E-state index contributed by atoms with van der Waals surface area (Å²) in [5.74, 6) is -5.02. The first-order valence-electron chi connectivity index (χ1n) is 6.08. The normalized spacial score (nSPS) is 13.3. The number of anilines is 2. The third kappa shape index (κ3) is 4.89. The summed E-state index contributed by atoms with van der Waals surface area (Å²) in [5, 5.41) is 2.44. The Morgan fingerprint density at radius 3 is 2.62 bits per heavy atom. The molecule has 118 valence electrons. The molecule has 1 atom stereocenters. The van der Waals surface area contributed by atoms with E-state index in [1.807, 2.05) is 0 Å². The molecular weight excluding hydrogens is 292 g/mol. The fourth-order valence-corrected chi connectivity index (χ4v) is 1.38. The SMILES string of the molecule is Cc1ccc(N)cc1NC(=O)C(C)OCC(F)(F)C(F)F. The van der Waals surface area contributed by atoms with Gasteiger partial charge in [0.1, 0.15) is 12.7 Å². The molecule has 4 nitrogen and oxygen atoms in total. The Bertz CT molecular complexity index is 509. The van der Waals surface area contributed by atoms with Gasteiger partial charge in [-0.3, -0.25) is 4.79 Å². The highest BCUT2D eigenvalue weighted by molar-refractivity contribution is 5.95. The van der Waals surface area contributed by atoms with Crippen molar-refractivity contribution in [3.63, 3.8) is 0 Å². The van der Waals surface area contributed by atoms with Crippen LogP contribution in [0.2, 0.25) is 0 Å². The first-order valence-corrected chi connectivity index (χ1v) is 6.08. The highest BCUT2D eigenvalue weighted by Gasteiger charge is 2.41. The molecule has 0 aliphatic carbocycles. The molecule has 0 aromatic heterocycles. The van der Waals surface area contributed by atoms with E-state index in [1.54, 1.807) is 19.1 Å². The van der Waals surface area contributed by atoms with Crippen molar-refractivity contribution in [3.8, 4) is 0 Å². The van der Waals surface area contributed by atoms with Gasteiger partial charge in [-0.1, -0.05) is 6.07 Å². The number of nitrogens with one attached hydrogen (secondary N) is 1. The van der Waals surface area contributed by atoms with Crippen molar-refractivity contribution in [2.45, 2.75) is 32.3 Å². The molecule has 0 bridgehead atoms. The maximum absolute atomic E-state index is 12.7. The Hall–Kier alpha value is -1.83. The molecule has 0 saturated carbocycles. The zero-order valence-corrected chi connectivity index (χ0v) is 11.5. The number of halogens is 4. The lowest BCUT2D eigenvalue weighted by molar-refractivity contribution is -0.176.